The Morgan fingerprint density at radius 3 is 2.41 bits per heavy atom. The minimum absolute atomic E-state index is 0. The summed E-state index contributed by atoms with van der Waals surface area (Å²) in [6.45, 7) is 6.25. The molecule has 1 aromatic heterocycles. The predicted octanol–water partition coefficient (Wildman–Crippen LogP) is 3.65. The molecule has 1 heterocycles. The maximum atomic E-state index is 5.55. The average Bonchev–Trinajstić information content (AvgIpc) is 3.19. The van der Waals surface area contributed by atoms with Crippen molar-refractivity contribution in [1.29, 1.82) is 0 Å². The van der Waals surface area contributed by atoms with Crippen LogP contribution in [0.4, 0.5) is 0 Å². The van der Waals surface area contributed by atoms with E-state index in [1.165, 1.54) is 4.88 Å². The van der Waals surface area contributed by atoms with Crippen molar-refractivity contribution < 1.29 is 14.2 Å². The lowest BCUT2D eigenvalue weighted by molar-refractivity contribution is 0.322. The Bertz CT molecular complexity index is 783. The van der Waals surface area contributed by atoms with Crippen LogP contribution in [0.15, 0.2) is 23.3 Å². The Labute approximate surface area is 194 Å². The molecular weight excluding hydrogens is 503 g/mol. The number of benzene rings is 1. The van der Waals surface area contributed by atoms with Crippen LogP contribution in [0.1, 0.15) is 29.3 Å². The van der Waals surface area contributed by atoms with Gasteiger partial charge in [-0.2, -0.15) is 0 Å². The molecule has 0 aliphatic rings. The number of nitrogens with zero attached hydrogens (tertiary/aromatic N) is 2. The second-order valence-corrected chi connectivity index (χ2v) is 7.14. The molecule has 0 saturated heterocycles. The highest BCUT2D eigenvalue weighted by Gasteiger charge is 2.15. The molecule has 2 N–H and O–H groups in total. The number of aryl methyl sites for hydroxylation is 1. The van der Waals surface area contributed by atoms with E-state index in [2.05, 4.69) is 27.5 Å². The summed E-state index contributed by atoms with van der Waals surface area (Å²) in [7, 11) is 4.86. The zero-order valence-corrected chi connectivity index (χ0v) is 20.9. The van der Waals surface area contributed by atoms with Crippen LogP contribution in [-0.4, -0.2) is 45.4 Å². The maximum absolute atomic E-state index is 5.55. The van der Waals surface area contributed by atoms with E-state index in [0.717, 1.165) is 35.9 Å². The predicted molar refractivity (Wildman–Crippen MR) is 130 cm³/mol. The fraction of sp³-hybridized carbons (Fsp3) is 0.500. The molecule has 29 heavy (non-hydrogen) atoms. The summed E-state index contributed by atoms with van der Waals surface area (Å²) in [6, 6.07) is 3.89. The normalized spacial score (nSPS) is 10.9. The Morgan fingerprint density at radius 1 is 1.07 bits per heavy atom. The largest absolute Gasteiger partial charge is 0.493 e. The van der Waals surface area contributed by atoms with Gasteiger partial charge in [-0.05, 0) is 25.8 Å². The number of ether oxygens (including phenoxy) is 3. The van der Waals surface area contributed by atoms with Crippen LogP contribution in [0.5, 0.6) is 17.2 Å². The van der Waals surface area contributed by atoms with Gasteiger partial charge >= 0.3 is 0 Å². The van der Waals surface area contributed by atoms with Gasteiger partial charge < -0.3 is 24.8 Å². The fourth-order valence-corrected chi connectivity index (χ4v) is 3.54. The molecule has 2 aromatic rings. The Kier molecular flexibility index (Phi) is 11.7. The van der Waals surface area contributed by atoms with Gasteiger partial charge in [-0.25, -0.2) is 9.98 Å². The number of aromatic nitrogens is 1. The molecule has 0 saturated carbocycles. The zero-order valence-electron chi connectivity index (χ0n) is 17.7. The summed E-state index contributed by atoms with van der Waals surface area (Å²) >= 11 is 1.71. The molecule has 0 fully saturated rings. The molecule has 0 amide bonds. The van der Waals surface area contributed by atoms with Crippen LogP contribution >= 0.6 is 35.3 Å². The molecule has 162 valence electrons. The van der Waals surface area contributed by atoms with Crippen molar-refractivity contribution >= 4 is 41.3 Å². The van der Waals surface area contributed by atoms with Crippen LogP contribution in [0.2, 0.25) is 0 Å². The van der Waals surface area contributed by atoms with E-state index in [9.17, 15) is 0 Å². The van der Waals surface area contributed by atoms with Crippen LogP contribution in [0.3, 0.4) is 0 Å². The lowest BCUT2D eigenvalue weighted by atomic mass is 10.1. The molecule has 0 aliphatic carbocycles. The number of guanidine groups is 1. The van der Waals surface area contributed by atoms with Gasteiger partial charge in [-0.15, -0.1) is 35.3 Å². The number of aliphatic imine (C=N–C) groups is 1. The highest BCUT2D eigenvalue weighted by Crippen LogP contribution is 2.39. The second-order valence-electron chi connectivity index (χ2n) is 5.94. The molecule has 9 heteroatoms. The van der Waals surface area contributed by atoms with Gasteiger partial charge in [0, 0.05) is 29.7 Å². The molecule has 0 aliphatic heterocycles. The van der Waals surface area contributed by atoms with Gasteiger partial charge in [0.2, 0.25) is 5.75 Å². The summed E-state index contributed by atoms with van der Waals surface area (Å²) in [4.78, 5) is 10.3. The first-order valence-corrected chi connectivity index (χ1v) is 10.2. The average molecular weight is 534 g/mol. The number of hydrogen-bond acceptors (Lipinski definition) is 6. The smallest absolute Gasteiger partial charge is 0.203 e. The molecule has 0 unspecified atom stereocenters. The van der Waals surface area contributed by atoms with E-state index in [0.29, 0.717) is 30.3 Å². The van der Waals surface area contributed by atoms with Crippen molar-refractivity contribution in [1.82, 2.24) is 15.6 Å². The summed E-state index contributed by atoms with van der Waals surface area (Å²) in [6.07, 6.45) is 3.69. The molecule has 7 nitrogen and oxygen atoms in total. The number of hydrogen-bond donors (Lipinski definition) is 2. The molecule has 0 spiro atoms. The van der Waals surface area contributed by atoms with Crippen LogP contribution in [-0.2, 0) is 19.4 Å². The Morgan fingerprint density at radius 2 is 1.83 bits per heavy atom. The zero-order chi connectivity index (χ0) is 20.4. The number of rotatable bonds is 10. The van der Waals surface area contributed by atoms with Crippen molar-refractivity contribution in [3.63, 3.8) is 0 Å². The van der Waals surface area contributed by atoms with Crippen molar-refractivity contribution in [2.45, 2.75) is 33.2 Å². The minimum atomic E-state index is 0. The van der Waals surface area contributed by atoms with Gasteiger partial charge in [-0.3, -0.25) is 0 Å². The lowest BCUT2D eigenvalue weighted by Gasteiger charge is -2.16. The maximum Gasteiger partial charge on any atom is 0.203 e. The third kappa shape index (κ3) is 7.22. The van der Waals surface area contributed by atoms with E-state index in [4.69, 9.17) is 14.2 Å². The monoisotopic (exact) mass is 534 g/mol. The highest BCUT2D eigenvalue weighted by molar-refractivity contribution is 14.0. The summed E-state index contributed by atoms with van der Waals surface area (Å²) in [5.74, 6) is 2.73. The van der Waals surface area contributed by atoms with Crippen LogP contribution in [0.25, 0.3) is 0 Å². The summed E-state index contributed by atoms with van der Waals surface area (Å²) < 4.78 is 16.3. The van der Waals surface area contributed by atoms with Crippen molar-refractivity contribution in [2.24, 2.45) is 4.99 Å². The molecule has 0 radical (unpaired) electrons. The Hall–Kier alpha value is -1.75. The van der Waals surface area contributed by atoms with Crippen LogP contribution in [0, 0.1) is 0 Å². The number of halogens is 1. The van der Waals surface area contributed by atoms with E-state index in [1.807, 2.05) is 25.3 Å². The first kappa shape index (κ1) is 25.3. The van der Waals surface area contributed by atoms with Gasteiger partial charge in [-0.1, -0.05) is 13.0 Å². The third-order valence-corrected chi connectivity index (χ3v) is 5.27. The molecule has 0 bridgehead atoms. The van der Waals surface area contributed by atoms with E-state index in [1.54, 1.807) is 32.7 Å². The van der Waals surface area contributed by atoms with Crippen molar-refractivity contribution in [2.75, 3.05) is 34.4 Å². The van der Waals surface area contributed by atoms with Crippen molar-refractivity contribution in [3.05, 3.63) is 33.8 Å². The molecular formula is C20H31IN4O3S. The number of methoxy groups -OCH3 is 3. The van der Waals surface area contributed by atoms with E-state index < -0.39 is 0 Å². The molecule has 1 aromatic carbocycles. The standard InChI is InChI=1S/C20H30N4O3S.HI/c1-6-15-12-23-17(28-15)13-24-20(21-7-2)22-11-10-14-8-9-16(25-3)19(27-5)18(14)26-4;/h8-9,12H,6-7,10-11,13H2,1-5H3,(H2,21,22,24);1H. The topological polar surface area (TPSA) is 77.0 Å². The minimum Gasteiger partial charge on any atom is -0.493 e. The van der Waals surface area contributed by atoms with Gasteiger partial charge in [0.05, 0.1) is 27.9 Å². The van der Waals surface area contributed by atoms with E-state index >= 15 is 0 Å². The lowest BCUT2D eigenvalue weighted by Crippen LogP contribution is -2.38. The fourth-order valence-electron chi connectivity index (χ4n) is 2.75. The molecule has 2 rings (SSSR count). The SMILES string of the molecule is CCNC(=NCc1ncc(CC)s1)NCCc1ccc(OC)c(OC)c1OC.I. The van der Waals surface area contributed by atoms with E-state index in [-0.39, 0.29) is 24.0 Å². The first-order valence-electron chi connectivity index (χ1n) is 9.40. The summed E-state index contributed by atoms with van der Waals surface area (Å²) in [5.41, 5.74) is 1.04. The van der Waals surface area contributed by atoms with Gasteiger partial charge in [0.15, 0.2) is 17.5 Å². The quantitative estimate of drug-likeness (QED) is 0.276. The third-order valence-electron chi connectivity index (χ3n) is 4.14. The Balaban J connectivity index is 0.00000420. The molecule has 0 atom stereocenters. The number of nitrogens with one attached hydrogen (secondary N) is 2. The second kappa shape index (κ2) is 13.5. The first-order chi connectivity index (χ1) is 13.7. The van der Waals surface area contributed by atoms with Gasteiger partial charge in [0.25, 0.3) is 0 Å². The number of thiazole rings is 1. The summed E-state index contributed by atoms with van der Waals surface area (Å²) in [5, 5.41) is 7.66. The highest BCUT2D eigenvalue weighted by atomic mass is 127. The van der Waals surface area contributed by atoms with Crippen LogP contribution < -0.4 is 24.8 Å². The van der Waals surface area contributed by atoms with Crippen molar-refractivity contribution in [3.8, 4) is 17.2 Å². The van der Waals surface area contributed by atoms with Gasteiger partial charge in [0.1, 0.15) is 5.01 Å².